The maximum absolute atomic E-state index is 10.8. The van der Waals surface area contributed by atoms with E-state index in [0.29, 0.717) is 6.54 Å². The molecule has 6 nitrogen and oxygen atoms in total. The number of rotatable bonds is 4. The SMILES string of the molecule is NC(=O)/C=C/c1c[nH]c2ncc(C[n+]3cccnc3)cc12. The lowest BCUT2D eigenvalue weighted by Crippen LogP contribution is -2.33. The first kappa shape index (κ1) is 13.0. The van der Waals surface area contributed by atoms with Gasteiger partial charge in [0, 0.05) is 41.0 Å². The van der Waals surface area contributed by atoms with Gasteiger partial charge in [-0.25, -0.2) is 9.55 Å². The topological polar surface area (TPSA) is 88.5 Å². The molecule has 3 heterocycles. The molecule has 6 heteroatoms. The van der Waals surface area contributed by atoms with E-state index in [0.717, 1.165) is 22.2 Å². The predicted octanol–water partition coefficient (Wildman–Crippen LogP) is 0.792. The van der Waals surface area contributed by atoms with Gasteiger partial charge in [0.25, 0.3) is 6.33 Å². The Labute approximate surface area is 121 Å². The summed E-state index contributed by atoms with van der Waals surface area (Å²) in [6.07, 6.45) is 12.1. The molecule has 21 heavy (non-hydrogen) atoms. The van der Waals surface area contributed by atoms with Gasteiger partial charge in [-0.1, -0.05) is 4.98 Å². The number of primary amides is 1. The molecule has 0 saturated heterocycles. The highest BCUT2D eigenvalue weighted by Gasteiger charge is 2.06. The lowest BCUT2D eigenvalue weighted by Gasteiger charge is -2.00. The molecule has 0 unspecified atom stereocenters. The predicted molar refractivity (Wildman–Crippen MR) is 77.9 cm³/mol. The van der Waals surface area contributed by atoms with Crippen LogP contribution in [0, 0.1) is 0 Å². The van der Waals surface area contributed by atoms with Gasteiger partial charge in [0.05, 0.1) is 6.20 Å². The maximum atomic E-state index is 10.8. The highest BCUT2D eigenvalue weighted by Crippen LogP contribution is 2.19. The number of fused-ring (bicyclic) bond motifs is 1. The number of H-pyrrole nitrogens is 1. The summed E-state index contributed by atoms with van der Waals surface area (Å²) in [6, 6.07) is 3.92. The van der Waals surface area contributed by atoms with Crippen molar-refractivity contribution in [3.05, 3.63) is 60.5 Å². The molecular formula is C15H14N5O+. The Bertz CT molecular complexity index is 807. The molecule has 0 aliphatic rings. The monoisotopic (exact) mass is 280 g/mol. The van der Waals surface area contributed by atoms with E-state index in [9.17, 15) is 4.79 Å². The molecule has 3 aromatic heterocycles. The molecule has 3 rings (SSSR count). The van der Waals surface area contributed by atoms with Crippen molar-refractivity contribution in [1.29, 1.82) is 0 Å². The summed E-state index contributed by atoms with van der Waals surface area (Å²) >= 11 is 0. The normalized spacial score (nSPS) is 11.2. The lowest BCUT2D eigenvalue weighted by molar-refractivity contribution is -0.691. The van der Waals surface area contributed by atoms with Crippen LogP contribution < -0.4 is 10.3 Å². The van der Waals surface area contributed by atoms with Crippen LogP contribution in [0.25, 0.3) is 17.1 Å². The van der Waals surface area contributed by atoms with Crippen LogP contribution in [0.1, 0.15) is 11.1 Å². The molecule has 3 aromatic rings. The Morgan fingerprint density at radius 3 is 3.14 bits per heavy atom. The number of amides is 1. The zero-order valence-corrected chi connectivity index (χ0v) is 11.2. The minimum Gasteiger partial charge on any atom is -0.366 e. The molecule has 1 amide bonds. The smallest absolute Gasteiger partial charge is 0.286 e. The summed E-state index contributed by atoms with van der Waals surface area (Å²) in [6.45, 7) is 0.681. The highest BCUT2D eigenvalue weighted by atomic mass is 16.1. The second-order valence-corrected chi connectivity index (χ2v) is 4.65. The standard InChI is InChI=1S/C15H13N5O/c16-14(21)3-2-12-8-19-15-13(12)6-11(7-18-15)9-20-5-1-4-17-10-20/h1-8,10H,9H2,(H2-,16,18,19,21)/p+1. The number of hydrogen-bond acceptors (Lipinski definition) is 3. The molecule has 0 radical (unpaired) electrons. The van der Waals surface area contributed by atoms with Gasteiger partial charge in [-0.15, -0.1) is 0 Å². The molecular weight excluding hydrogens is 266 g/mol. The molecule has 0 aliphatic carbocycles. The second kappa shape index (κ2) is 5.54. The average molecular weight is 280 g/mol. The van der Waals surface area contributed by atoms with Crippen molar-refractivity contribution in [2.24, 2.45) is 5.73 Å². The third-order valence-corrected chi connectivity index (χ3v) is 3.08. The van der Waals surface area contributed by atoms with Gasteiger partial charge in [0.15, 0.2) is 0 Å². The number of nitrogens with zero attached hydrogens (tertiary/aromatic N) is 3. The van der Waals surface area contributed by atoms with Crippen LogP contribution in [-0.2, 0) is 11.3 Å². The fourth-order valence-corrected chi connectivity index (χ4v) is 2.13. The molecule has 0 saturated carbocycles. The first-order valence-corrected chi connectivity index (χ1v) is 6.45. The molecule has 0 aromatic carbocycles. The van der Waals surface area contributed by atoms with Crippen molar-refractivity contribution >= 4 is 23.0 Å². The Hall–Kier alpha value is -3.02. The van der Waals surface area contributed by atoms with Crippen LogP contribution in [0.5, 0.6) is 0 Å². The average Bonchev–Trinajstić information content (AvgIpc) is 2.88. The number of aromatic nitrogens is 4. The number of hydrogen-bond donors (Lipinski definition) is 2. The quantitative estimate of drug-likeness (QED) is 0.547. The minimum atomic E-state index is -0.473. The van der Waals surface area contributed by atoms with Crippen LogP contribution >= 0.6 is 0 Å². The Kier molecular flexibility index (Phi) is 3.42. The van der Waals surface area contributed by atoms with Crippen molar-refractivity contribution < 1.29 is 9.36 Å². The van der Waals surface area contributed by atoms with E-state index in [1.165, 1.54) is 6.08 Å². The van der Waals surface area contributed by atoms with E-state index in [1.54, 1.807) is 24.8 Å². The van der Waals surface area contributed by atoms with Gasteiger partial charge < -0.3 is 10.7 Å². The minimum absolute atomic E-state index is 0.473. The van der Waals surface area contributed by atoms with Gasteiger partial charge in [-0.05, 0) is 12.1 Å². The van der Waals surface area contributed by atoms with E-state index in [1.807, 2.05) is 29.1 Å². The summed E-state index contributed by atoms with van der Waals surface area (Å²) < 4.78 is 1.97. The first-order valence-electron chi connectivity index (χ1n) is 6.45. The highest BCUT2D eigenvalue weighted by molar-refractivity contribution is 5.94. The maximum Gasteiger partial charge on any atom is 0.286 e. The van der Waals surface area contributed by atoms with E-state index in [2.05, 4.69) is 15.0 Å². The van der Waals surface area contributed by atoms with Gasteiger partial charge >= 0.3 is 0 Å². The zero-order chi connectivity index (χ0) is 14.7. The fraction of sp³-hybridized carbons (Fsp3) is 0.0667. The zero-order valence-electron chi connectivity index (χ0n) is 11.2. The van der Waals surface area contributed by atoms with Crippen LogP contribution in [0.2, 0.25) is 0 Å². The number of nitrogens with one attached hydrogen (secondary N) is 1. The van der Waals surface area contributed by atoms with Crippen LogP contribution in [0.3, 0.4) is 0 Å². The first-order chi connectivity index (χ1) is 10.2. The Balaban J connectivity index is 1.95. The summed E-state index contributed by atoms with van der Waals surface area (Å²) in [7, 11) is 0. The largest absolute Gasteiger partial charge is 0.366 e. The van der Waals surface area contributed by atoms with Gasteiger partial charge in [0.1, 0.15) is 18.4 Å². The number of carbonyl (C=O) groups is 1. The molecule has 0 bridgehead atoms. The van der Waals surface area contributed by atoms with Crippen LogP contribution in [-0.4, -0.2) is 20.9 Å². The summed E-state index contributed by atoms with van der Waals surface area (Å²) in [5.41, 5.74) is 7.83. The van der Waals surface area contributed by atoms with E-state index < -0.39 is 5.91 Å². The summed E-state index contributed by atoms with van der Waals surface area (Å²) in [4.78, 5) is 22.4. The molecule has 0 fully saturated rings. The van der Waals surface area contributed by atoms with Crippen LogP contribution in [0.15, 0.2) is 49.3 Å². The third kappa shape index (κ3) is 2.94. The lowest BCUT2D eigenvalue weighted by atomic mass is 10.1. The molecule has 0 aliphatic heterocycles. The molecule has 0 spiro atoms. The molecule has 3 N–H and O–H groups in total. The third-order valence-electron chi connectivity index (χ3n) is 3.08. The number of carbonyl (C=O) groups excluding carboxylic acids is 1. The fourth-order valence-electron chi connectivity index (χ4n) is 2.13. The van der Waals surface area contributed by atoms with E-state index in [4.69, 9.17) is 5.73 Å². The van der Waals surface area contributed by atoms with Crippen molar-refractivity contribution in [3.63, 3.8) is 0 Å². The van der Waals surface area contributed by atoms with Gasteiger partial charge in [0.2, 0.25) is 5.91 Å². The van der Waals surface area contributed by atoms with Crippen molar-refractivity contribution in [2.75, 3.05) is 0 Å². The van der Waals surface area contributed by atoms with Crippen LogP contribution in [0.4, 0.5) is 0 Å². The Morgan fingerprint density at radius 2 is 2.38 bits per heavy atom. The number of nitrogens with two attached hydrogens (primary N) is 1. The van der Waals surface area contributed by atoms with Gasteiger partial charge in [-0.3, -0.25) is 4.79 Å². The second-order valence-electron chi connectivity index (χ2n) is 4.65. The van der Waals surface area contributed by atoms with Crippen molar-refractivity contribution in [2.45, 2.75) is 6.54 Å². The molecule has 104 valence electrons. The van der Waals surface area contributed by atoms with Crippen molar-refractivity contribution in [1.82, 2.24) is 15.0 Å². The summed E-state index contributed by atoms with van der Waals surface area (Å²) in [5.74, 6) is -0.473. The Morgan fingerprint density at radius 1 is 1.48 bits per heavy atom. The summed E-state index contributed by atoms with van der Waals surface area (Å²) in [5, 5.41) is 0.953. The van der Waals surface area contributed by atoms with Gasteiger partial charge in [-0.2, -0.15) is 0 Å². The molecule has 0 atom stereocenters. The van der Waals surface area contributed by atoms with Crippen molar-refractivity contribution in [3.8, 4) is 0 Å². The number of pyridine rings is 1. The van der Waals surface area contributed by atoms with E-state index >= 15 is 0 Å². The van der Waals surface area contributed by atoms with E-state index in [-0.39, 0.29) is 0 Å². The number of aromatic amines is 1.